The number of ether oxygens (including phenoxy) is 1. The monoisotopic (exact) mass is 224 g/mol. The van der Waals surface area contributed by atoms with Crippen molar-refractivity contribution in [3.63, 3.8) is 0 Å². The van der Waals surface area contributed by atoms with Gasteiger partial charge in [-0.25, -0.2) is 0 Å². The fraction of sp³-hybridized carbons (Fsp3) is 0.846. The summed E-state index contributed by atoms with van der Waals surface area (Å²) in [5.74, 6) is 2.71. The third kappa shape index (κ3) is 4.98. The summed E-state index contributed by atoms with van der Waals surface area (Å²) >= 11 is 0. The van der Waals surface area contributed by atoms with Gasteiger partial charge in [0.1, 0.15) is 0 Å². The van der Waals surface area contributed by atoms with E-state index in [-0.39, 0.29) is 0 Å². The van der Waals surface area contributed by atoms with Crippen LogP contribution in [0.3, 0.4) is 0 Å². The second-order valence-electron chi connectivity index (χ2n) is 4.60. The summed E-state index contributed by atoms with van der Waals surface area (Å²) in [4.78, 5) is 2.35. The molecule has 92 valence electrons. The molecule has 1 fully saturated rings. The predicted octanol–water partition coefficient (Wildman–Crippen LogP) is 1.10. The molecule has 1 unspecified atom stereocenters. The first-order valence-electron chi connectivity index (χ1n) is 6.17. The maximum absolute atomic E-state index is 5.31. The van der Waals surface area contributed by atoms with Crippen LogP contribution in [-0.4, -0.2) is 50.3 Å². The normalized spacial score (nSPS) is 20.6. The molecule has 0 aliphatic carbocycles. The van der Waals surface area contributed by atoms with Crippen LogP contribution in [0.25, 0.3) is 0 Å². The van der Waals surface area contributed by atoms with E-state index >= 15 is 0 Å². The van der Waals surface area contributed by atoms with Crippen molar-refractivity contribution in [3.8, 4) is 12.3 Å². The molecule has 1 rings (SSSR count). The number of nitrogens with zero attached hydrogens (tertiary/aromatic N) is 1. The lowest BCUT2D eigenvalue weighted by Crippen LogP contribution is -2.45. The number of piperidine rings is 1. The zero-order valence-corrected chi connectivity index (χ0v) is 10.5. The minimum atomic E-state index is 0.545. The number of hydrogen-bond acceptors (Lipinski definition) is 3. The van der Waals surface area contributed by atoms with E-state index in [1.54, 1.807) is 7.11 Å². The number of hydrogen-bond donors (Lipinski definition) is 1. The van der Waals surface area contributed by atoms with Gasteiger partial charge in [0.05, 0.1) is 6.54 Å². The molecular weight excluding hydrogens is 200 g/mol. The molecule has 1 atom stereocenters. The van der Waals surface area contributed by atoms with E-state index in [1.807, 2.05) is 0 Å². The van der Waals surface area contributed by atoms with Crippen LogP contribution in [0.5, 0.6) is 0 Å². The highest BCUT2D eigenvalue weighted by Crippen LogP contribution is 2.10. The van der Waals surface area contributed by atoms with Crippen molar-refractivity contribution in [2.75, 3.05) is 33.4 Å². The van der Waals surface area contributed by atoms with Crippen molar-refractivity contribution in [2.45, 2.75) is 38.3 Å². The van der Waals surface area contributed by atoms with E-state index in [2.05, 4.69) is 23.1 Å². The van der Waals surface area contributed by atoms with Gasteiger partial charge in [0.15, 0.2) is 0 Å². The van der Waals surface area contributed by atoms with E-state index in [0.29, 0.717) is 12.1 Å². The first kappa shape index (κ1) is 13.5. The van der Waals surface area contributed by atoms with Gasteiger partial charge in [-0.15, -0.1) is 6.42 Å². The molecule has 16 heavy (non-hydrogen) atoms. The van der Waals surface area contributed by atoms with Gasteiger partial charge in [-0.05, 0) is 26.2 Å². The summed E-state index contributed by atoms with van der Waals surface area (Å²) in [6.07, 6.45) is 8.81. The van der Waals surface area contributed by atoms with Gasteiger partial charge < -0.3 is 10.1 Å². The summed E-state index contributed by atoms with van der Waals surface area (Å²) in [6.45, 7) is 6.11. The van der Waals surface area contributed by atoms with E-state index < -0.39 is 0 Å². The molecule has 3 heteroatoms. The Morgan fingerprint density at radius 2 is 2.19 bits per heavy atom. The third-order valence-corrected chi connectivity index (χ3v) is 3.18. The second-order valence-corrected chi connectivity index (χ2v) is 4.60. The van der Waals surface area contributed by atoms with Gasteiger partial charge in [-0.3, -0.25) is 4.90 Å². The number of likely N-dealkylation sites (tertiary alicyclic amines) is 1. The van der Waals surface area contributed by atoms with Crippen LogP contribution in [-0.2, 0) is 4.74 Å². The molecule has 1 N–H and O–H groups in total. The molecule has 0 aromatic carbocycles. The Kier molecular flexibility index (Phi) is 6.47. The van der Waals surface area contributed by atoms with Crippen molar-refractivity contribution in [3.05, 3.63) is 0 Å². The van der Waals surface area contributed by atoms with E-state index in [0.717, 1.165) is 32.7 Å². The summed E-state index contributed by atoms with van der Waals surface area (Å²) in [6, 6.07) is 1.20. The average Bonchev–Trinajstić information content (AvgIpc) is 2.29. The maximum Gasteiger partial charge on any atom is 0.0598 e. The highest BCUT2D eigenvalue weighted by molar-refractivity contribution is 4.90. The molecular formula is C13H24N2O. The van der Waals surface area contributed by atoms with Gasteiger partial charge in [0.2, 0.25) is 0 Å². The molecule has 1 heterocycles. The molecule has 1 aliphatic rings. The molecule has 0 radical (unpaired) electrons. The van der Waals surface area contributed by atoms with Crippen molar-refractivity contribution >= 4 is 0 Å². The van der Waals surface area contributed by atoms with Gasteiger partial charge in [0, 0.05) is 38.9 Å². The first-order valence-corrected chi connectivity index (χ1v) is 6.17. The fourth-order valence-corrected chi connectivity index (χ4v) is 2.17. The van der Waals surface area contributed by atoms with Crippen molar-refractivity contribution in [2.24, 2.45) is 0 Å². The second kappa shape index (κ2) is 7.67. The van der Waals surface area contributed by atoms with E-state index in [9.17, 15) is 0 Å². The van der Waals surface area contributed by atoms with Crippen LogP contribution < -0.4 is 5.32 Å². The van der Waals surface area contributed by atoms with Crippen molar-refractivity contribution in [1.82, 2.24) is 10.2 Å². The Morgan fingerprint density at radius 3 is 2.75 bits per heavy atom. The number of rotatable bonds is 6. The maximum atomic E-state index is 5.31. The quantitative estimate of drug-likeness (QED) is 0.684. The third-order valence-electron chi connectivity index (χ3n) is 3.18. The standard InChI is InChI=1S/C13H24N2O/c1-4-8-15-9-5-13(6-10-15)14-12(2)7-11-16-3/h1,12-14H,5-11H2,2-3H3. The molecule has 1 aliphatic heterocycles. The molecule has 0 spiro atoms. The van der Waals surface area contributed by atoms with Crippen molar-refractivity contribution < 1.29 is 4.74 Å². The highest BCUT2D eigenvalue weighted by Gasteiger charge is 2.19. The van der Waals surface area contributed by atoms with E-state index in [4.69, 9.17) is 11.2 Å². The SMILES string of the molecule is C#CCN1CCC(NC(C)CCOC)CC1. The topological polar surface area (TPSA) is 24.5 Å². The smallest absolute Gasteiger partial charge is 0.0598 e. The fourth-order valence-electron chi connectivity index (χ4n) is 2.17. The molecule has 0 aromatic heterocycles. The van der Waals surface area contributed by atoms with Crippen LogP contribution in [0, 0.1) is 12.3 Å². The summed E-state index contributed by atoms with van der Waals surface area (Å²) in [5, 5.41) is 3.66. The number of methoxy groups -OCH3 is 1. The Morgan fingerprint density at radius 1 is 1.50 bits per heavy atom. The first-order chi connectivity index (χ1) is 7.76. The zero-order chi connectivity index (χ0) is 11.8. The van der Waals surface area contributed by atoms with Crippen LogP contribution in [0.4, 0.5) is 0 Å². The lowest BCUT2D eigenvalue weighted by Gasteiger charge is -2.32. The largest absolute Gasteiger partial charge is 0.385 e. The van der Waals surface area contributed by atoms with Crippen LogP contribution >= 0.6 is 0 Å². The number of nitrogens with one attached hydrogen (secondary N) is 1. The molecule has 3 nitrogen and oxygen atoms in total. The van der Waals surface area contributed by atoms with E-state index in [1.165, 1.54) is 12.8 Å². The Balaban J connectivity index is 2.14. The van der Waals surface area contributed by atoms with Crippen LogP contribution in [0.2, 0.25) is 0 Å². The summed E-state index contributed by atoms with van der Waals surface area (Å²) in [7, 11) is 1.75. The minimum Gasteiger partial charge on any atom is -0.385 e. The zero-order valence-electron chi connectivity index (χ0n) is 10.5. The van der Waals surface area contributed by atoms with Crippen molar-refractivity contribution in [1.29, 1.82) is 0 Å². The molecule has 0 aromatic rings. The van der Waals surface area contributed by atoms with Crippen LogP contribution in [0.15, 0.2) is 0 Å². The highest BCUT2D eigenvalue weighted by atomic mass is 16.5. The number of terminal acetylenes is 1. The molecule has 0 saturated carbocycles. The Labute approximate surface area is 99.5 Å². The average molecular weight is 224 g/mol. The lowest BCUT2D eigenvalue weighted by molar-refractivity contribution is 0.172. The van der Waals surface area contributed by atoms with Crippen LogP contribution in [0.1, 0.15) is 26.2 Å². The molecule has 0 amide bonds. The van der Waals surface area contributed by atoms with Gasteiger partial charge in [-0.1, -0.05) is 5.92 Å². The predicted molar refractivity (Wildman–Crippen MR) is 67.4 cm³/mol. The van der Waals surface area contributed by atoms with Gasteiger partial charge in [-0.2, -0.15) is 0 Å². The Bertz CT molecular complexity index is 216. The summed E-state index contributed by atoms with van der Waals surface area (Å²) in [5.41, 5.74) is 0. The van der Waals surface area contributed by atoms with Gasteiger partial charge in [0.25, 0.3) is 0 Å². The summed E-state index contributed by atoms with van der Waals surface area (Å²) < 4.78 is 5.08. The minimum absolute atomic E-state index is 0.545. The Hall–Kier alpha value is -0.560. The molecule has 1 saturated heterocycles. The van der Waals surface area contributed by atoms with Gasteiger partial charge >= 0.3 is 0 Å². The lowest BCUT2D eigenvalue weighted by atomic mass is 10.0. The molecule has 0 bridgehead atoms.